The minimum Gasteiger partial charge on any atom is -0.480 e. The molecule has 1 heterocycles. The van der Waals surface area contributed by atoms with E-state index in [9.17, 15) is 9.18 Å². The summed E-state index contributed by atoms with van der Waals surface area (Å²) in [7, 11) is 0. The van der Waals surface area contributed by atoms with E-state index in [4.69, 9.17) is 5.11 Å². The number of carboxylic acids is 1. The standard InChI is InChI=1S/C9H10BrFN2O2/c1-2-7(9(14)15)13-8-6(11)3-5(10)4-12-8/h3-4,7H,2H2,1H3,(H,12,13)(H,14,15)/t7-/m1/s1. The van der Waals surface area contributed by atoms with E-state index in [1.54, 1.807) is 6.92 Å². The van der Waals surface area contributed by atoms with Crippen molar-refractivity contribution in [3.8, 4) is 0 Å². The third-order valence-corrected chi connectivity index (χ3v) is 2.26. The minimum atomic E-state index is -1.03. The highest BCUT2D eigenvalue weighted by molar-refractivity contribution is 9.10. The molecule has 1 aromatic rings. The lowest BCUT2D eigenvalue weighted by Gasteiger charge is -2.13. The molecule has 6 heteroatoms. The van der Waals surface area contributed by atoms with Gasteiger partial charge in [0.15, 0.2) is 11.6 Å². The molecule has 15 heavy (non-hydrogen) atoms. The van der Waals surface area contributed by atoms with Gasteiger partial charge in [0.2, 0.25) is 0 Å². The van der Waals surface area contributed by atoms with Crippen LogP contribution in [-0.2, 0) is 4.79 Å². The zero-order chi connectivity index (χ0) is 11.4. The van der Waals surface area contributed by atoms with Gasteiger partial charge in [-0.2, -0.15) is 0 Å². The topological polar surface area (TPSA) is 62.2 Å². The summed E-state index contributed by atoms with van der Waals surface area (Å²) in [5, 5.41) is 11.3. The Morgan fingerprint density at radius 3 is 2.93 bits per heavy atom. The van der Waals surface area contributed by atoms with Crippen LogP contribution in [0.1, 0.15) is 13.3 Å². The predicted molar refractivity (Wildman–Crippen MR) is 57.2 cm³/mol. The van der Waals surface area contributed by atoms with E-state index in [1.807, 2.05) is 0 Å². The Morgan fingerprint density at radius 1 is 1.80 bits per heavy atom. The molecule has 1 atom stereocenters. The summed E-state index contributed by atoms with van der Waals surface area (Å²) < 4.78 is 13.8. The number of pyridine rings is 1. The molecule has 0 spiro atoms. The summed E-state index contributed by atoms with van der Waals surface area (Å²) in [6, 6.07) is 0.400. The lowest BCUT2D eigenvalue weighted by Crippen LogP contribution is -2.29. The summed E-state index contributed by atoms with van der Waals surface area (Å²) in [5.74, 6) is -1.65. The number of carboxylic acid groups (broad SMARTS) is 1. The van der Waals surface area contributed by atoms with Crippen LogP contribution in [-0.4, -0.2) is 22.1 Å². The van der Waals surface area contributed by atoms with Gasteiger partial charge in [-0.15, -0.1) is 0 Å². The molecule has 1 rings (SSSR count). The fourth-order valence-electron chi connectivity index (χ4n) is 1.02. The van der Waals surface area contributed by atoms with Crippen LogP contribution in [0.5, 0.6) is 0 Å². The maximum atomic E-state index is 13.3. The molecule has 0 radical (unpaired) electrons. The Bertz CT molecular complexity index is 373. The Hall–Kier alpha value is -1.17. The van der Waals surface area contributed by atoms with Crippen LogP contribution in [0.25, 0.3) is 0 Å². The summed E-state index contributed by atoms with van der Waals surface area (Å²) in [4.78, 5) is 14.4. The molecule has 0 unspecified atom stereocenters. The second-order valence-electron chi connectivity index (χ2n) is 2.93. The summed E-state index contributed by atoms with van der Waals surface area (Å²) in [5.41, 5.74) is 0. The first-order valence-corrected chi connectivity index (χ1v) is 5.14. The molecule has 0 aliphatic rings. The number of nitrogens with one attached hydrogen (secondary N) is 1. The molecule has 0 saturated carbocycles. The van der Waals surface area contributed by atoms with Gasteiger partial charge in [-0.25, -0.2) is 14.2 Å². The molecule has 4 nitrogen and oxygen atoms in total. The molecule has 0 fully saturated rings. The van der Waals surface area contributed by atoms with Gasteiger partial charge in [-0.05, 0) is 28.4 Å². The number of aliphatic carboxylic acids is 1. The van der Waals surface area contributed by atoms with Gasteiger partial charge in [0.25, 0.3) is 0 Å². The average Bonchev–Trinajstić information content (AvgIpc) is 2.16. The Labute approximate surface area is 94.6 Å². The van der Waals surface area contributed by atoms with Crippen molar-refractivity contribution in [2.75, 3.05) is 5.32 Å². The lowest BCUT2D eigenvalue weighted by atomic mass is 10.2. The van der Waals surface area contributed by atoms with Crippen molar-refractivity contribution in [2.24, 2.45) is 0 Å². The first-order valence-electron chi connectivity index (χ1n) is 4.35. The molecular formula is C9H10BrFN2O2. The van der Waals surface area contributed by atoms with Crippen LogP contribution < -0.4 is 5.32 Å². The van der Waals surface area contributed by atoms with Gasteiger partial charge in [0.05, 0.1) is 0 Å². The van der Waals surface area contributed by atoms with Crippen molar-refractivity contribution in [3.05, 3.63) is 22.6 Å². The number of hydrogen-bond donors (Lipinski definition) is 2. The molecule has 0 aliphatic carbocycles. The zero-order valence-corrected chi connectivity index (χ0v) is 9.58. The molecule has 0 aromatic carbocycles. The quantitative estimate of drug-likeness (QED) is 0.886. The van der Waals surface area contributed by atoms with Crippen LogP contribution in [0.2, 0.25) is 0 Å². The van der Waals surface area contributed by atoms with E-state index in [-0.39, 0.29) is 5.82 Å². The Morgan fingerprint density at radius 2 is 2.47 bits per heavy atom. The van der Waals surface area contributed by atoms with Crippen LogP contribution >= 0.6 is 15.9 Å². The van der Waals surface area contributed by atoms with Gasteiger partial charge in [-0.1, -0.05) is 6.92 Å². The normalized spacial score (nSPS) is 12.2. The molecule has 82 valence electrons. The summed E-state index contributed by atoms with van der Waals surface area (Å²) in [6.07, 6.45) is 1.76. The third-order valence-electron chi connectivity index (χ3n) is 1.83. The highest BCUT2D eigenvalue weighted by Crippen LogP contribution is 2.17. The number of hydrogen-bond acceptors (Lipinski definition) is 3. The van der Waals surface area contributed by atoms with Crippen LogP contribution in [0.15, 0.2) is 16.7 Å². The van der Waals surface area contributed by atoms with Crippen molar-refractivity contribution in [1.82, 2.24) is 4.98 Å². The first-order chi connectivity index (χ1) is 7.04. The first kappa shape index (κ1) is 11.9. The van der Waals surface area contributed by atoms with E-state index in [1.165, 1.54) is 12.3 Å². The number of rotatable bonds is 4. The van der Waals surface area contributed by atoms with E-state index in [0.29, 0.717) is 10.9 Å². The van der Waals surface area contributed by atoms with Crippen LogP contribution in [0.4, 0.5) is 10.2 Å². The number of halogens is 2. The maximum absolute atomic E-state index is 13.3. The van der Waals surface area contributed by atoms with Crippen LogP contribution in [0, 0.1) is 5.82 Å². The molecular weight excluding hydrogens is 267 g/mol. The van der Waals surface area contributed by atoms with E-state index in [0.717, 1.165) is 0 Å². The summed E-state index contributed by atoms with van der Waals surface area (Å²) in [6.45, 7) is 1.70. The second kappa shape index (κ2) is 5.06. The molecule has 1 aromatic heterocycles. The van der Waals surface area contributed by atoms with Gasteiger partial charge in [-0.3, -0.25) is 0 Å². The molecule has 0 amide bonds. The Balaban J connectivity index is 2.84. The smallest absolute Gasteiger partial charge is 0.326 e. The zero-order valence-electron chi connectivity index (χ0n) is 8.00. The summed E-state index contributed by atoms with van der Waals surface area (Å²) >= 11 is 3.06. The number of anilines is 1. The Kier molecular flexibility index (Phi) is 4.02. The minimum absolute atomic E-state index is 0.0487. The fraction of sp³-hybridized carbons (Fsp3) is 0.333. The number of aromatic nitrogens is 1. The molecule has 0 bridgehead atoms. The van der Waals surface area contributed by atoms with E-state index in [2.05, 4.69) is 26.2 Å². The molecule has 2 N–H and O–H groups in total. The maximum Gasteiger partial charge on any atom is 0.326 e. The number of nitrogens with zero attached hydrogens (tertiary/aromatic N) is 1. The van der Waals surface area contributed by atoms with Crippen molar-refractivity contribution in [1.29, 1.82) is 0 Å². The van der Waals surface area contributed by atoms with Crippen molar-refractivity contribution in [3.63, 3.8) is 0 Å². The van der Waals surface area contributed by atoms with E-state index < -0.39 is 17.8 Å². The molecule has 0 saturated heterocycles. The van der Waals surface area contributed by atoms with Crippen molar-refractivity contribution < 1.29 is 14.3 Å². The largest absolute Gasteiger partial charge is 0.480 e. The second-order valence-corrected chi connectivity index (χ2v) is 3.84. The monoisotopic (exact) mass is 276 g/mol. The van der Waals surface area contributed by atoms with Crippen molar-refractivity contribution >= 4 is 27.7 Å². The van der Waals surface area contributed by atoms with Gasteiger partial charge >= 0.3 is 5.97 Å². The predicted octanol–water partition coefficient (Wildman–Crippen LogP) is 2.26. The highest BCUT2D eigenvalue weighted by atomic mass is 79.9. The number of carbonyl (C=O) groups is 1. The van der Waals surface area contributed by atoms with E-state index >= 15 is 0 Å². The highest BCUT2D eigenvalue weighted by Gasteiger charge is 2.16. The average molecular weight is 277 g/mol. The van der Waals surface area contributed by atoms with Gasteiger partial charge in [0.1, 0.15) is 6.04 Å². The van der Waals surface area contributed by atoms with Gasteiger partial charge < -0.3 is 10.4 Å². The SMILES string of the molecule is CC[C@@H](Nc1ncc(Br)cc1F)C(=O)O. The fourth-order valence-corrected chi connectivity index (χ4v) is 1.33. The van der Waals surface area contributed by atoms with Crippen LogP contribution in [0.3, 0.4) is 0 Å². The van der Waals surface area contributed by atoms with Gasteiger partial charge in [0, 0.05) is 10.7 Å². The molecule has 0 aliphatic heterocycles. The van der Waals surface area contributed by atoms with Crippen molar-refractivity contribution in [2.45, 2.75) is 19.4 Å². The third kappa shape index (κ3) is 3.16. The lowest BCUT2D eigenvalue weighted by molar-refractivity contribution is -0.137.